The van der Waals surface area contributed by atoms with Crippen molar-refractivity contribution in [2.24, 2.45) is 33.5 Å². The molecule has 26 atom stereocenters. The molecule has 23 nitrogen and oxygen atoms in total. The van der Waals surface area contributed by atoms with Crippen LogP contribution in [0, 0.1) is 33.5 Å². The highest BCUT2D eigenvalue weighted by Gasteiger charge is 2.75. The highest BCUT2D eigenvalue weighted by Crippen LogP contribution is 2.74. The summed E-state index contributed by atoms with van der Waals surface area (Å²) in [5, 5.41) is 130. The van der Waals surface area contributed by atoms with E-state index >= 15 is 0 Å². The van der Waals surface area contributed by atoms with E-state index in [0.29, 0.717) is 51.4 Å². The van der Waals surface area contributed by atoms with E-state index in [-0.39, 0.29) is 36.4 Å². The molecule has 23 heteroatoms. The number of aliphatic hydroxyl groups is 12. The number of hydrogen-bond donors (Lipinski definition) is 12. The van der Waals surface area contributed by atoms with Gasteiger partial charge in [0.15, 0.2) is 30.9 Å². The van der Waals surface area contributed by atoms with Gasteiger partial charge in [0, 0.05) is 23.7 Å². The second kappa shape index (κ2) is 20.7. The molecule has 74 heavy (non-hydrogen) atoms. The fourth-order valence-corrected chi connectivity index (χ4v) is 15.1. The molecule has 4 aliphatic carbocycles. The second-order valence-corrected chi connectivity index (χ2v) is 23.7. The van der Waals surface area contributed by atoms with Crippen molar-refractivity contribution in [1.82, 2.24) is 0 Å². The molecule has 5 heterocycles. The van der Waals surface area contributed by atoms with Crippen molar-refractivity contribution in [3.8, 4) is 0 Å². The number of aliphatic hydroxyl groups excluding tert-OH is 11. The van der Waals surface area contributed by atoms with Crippen LogP contribution in [0.1, 0.15) is 99.3 Å². The first-order chi connectivity index (χ1) is 34.8. The molecule has 0 aromatic rings. The fourth-order valence-electron chi connectivity index (χ4n) is 15.1. The van der Waals surface area contributed by atoms with Crippen LogP contribution >= 0.6 is 0 Å². The third-order valence-electron chi connectivity index (χ3n) is 20.0. The van der Waals surface area contributed by atoms with E-state index in [1.807, 2.05) is 13.8 Å². The fraction of sp³-hybridized carbons (Fsp3) is 0.922. The zero-order chi connectivity index (χ0) is 53.8. The Labute approximate surface area is 429 Å². The molecule has 1 spiro atoms. The van der Waals surface area contributed by atoms with Crippen LogP contribution in [0.5, 0.6) is 0 Å². The summed E-state index contributed by atoms with van der Waals surface area (Å²) in [6, 6.07) is 0. The Hall–Kier alpha value is -1.76. The minimum Gasteiger partial charge on any atom is -0.396 e. The zero-order valence-corrected chi connectivity index (χ0v) is 43.0. The van der Waals surface area contributed by atoms with Crippen LogP contribution in [0.2, 0.25) is 0 Å². The molecule has 422 valence electrons. The number of ketones is 2. The maximum Gasteiger partial charge on any atom is 0.187 e. The van der Waals surface area contributed by atoms with Gasteiger partial charge in [-0.25, -0.2) is 0 Å². The normalized spacial score (nSPS) is 53.6. The average molecular weight is 1060 g/mol. The Morgan fingerprint density at radius 2 is 1.41 bits per heavy atom. The Balaban J connectivity index is 0.899. The predicted octanol–water partition coefficient (Wildman–Crippen LogP) is -2.65. The lowest BCUT2D eigenvalue weighted by Gasteiger charge is -2.63. The van der Waals surface area contributed by atoms with Gasteiger partial charge in [0.25, 0.3) is 0 Å². The zero-order valence-electron chi connectivity index (χ0n) is 43.0. The summed E-state index contributed by atoms with van der Waals surface area (Å²) in [5.41, 5.74) is -3.31. The van der Waals surface area contributed by atoms with Crippen LogP contribution in [0.25, 0.3) is 0 Å². The Bertz CT molecular complexity index is 2100. The molecule has 2 saturated carbocycles. The summed E-state index contributed by atoms with van der Waals surface area (Å²) in [5.74, 6) is 0.0378. The lowest BCUT2D eigenvalue weighted by atomic mass is 9.42. The molecule has 12 N–H and O–H groups in total. The van der Waals surface area contributed by atoms with Crippen molar-refractivity contribution < 1.29 is 113 Å². The van der Waals surface area contributed by atoms with E-state index < -0.39 is 177 Å². The summed E-state index contributed by atoms with van der Waals surface area (Å²) in [4.78, 5) is 27.6. The van der Waals surface area contributed by atoms with Gasteiger partial charge in [-0.05, 0) is 69.1 Å². The largest absolute Gasteiger partial charge is 0.396 e. The SMILES string of the molecule is CCC(=O)[C@H]1C[C@@H](C)[C@]2(CC(=O)[C@@]3(C)C4=C(CC[C@@]32C)[C@@]2(C)CC[C@H](O[C@@H]3O[C@H](CO[C@@H]5OC[C@H](O)[C@H](O)[C@H]5O[C@@H]5O[C@H](CO)[C@@H](O)[C@H](O)[C@H]5O[C@@H]5OC[C@](O)(CO)[C@H]5O)[C@@H](O)[C@H](O)[C@H]3O)[C@](C)(CO)[C@@H]2CC4)O1. The number of carbonyl (C=O) groups excluding carboxylic acids is 2. The van der Waals surface area contributed by atoms with E-state index in [1.165, 1.54) is 5.57 Å². The predicted molar refractivity (Wildman–Crippen MR) is 249 cm³/mol. The molecule has 5 aliphatic heterocycles. The summed E-state index contributed by atoms with van der Waals surface area (Å²) in [7, 11) is 0. The Kier molecular flexibility index (Phi) is 15.9. The molecular formula is C51H80O23. The first-order valence-corrected chi connectivity index (χ1v) is 26.4. The monoisotopic (exact) mass is 1060 g/mol. The minimum absolute atomic E-state index is 0.00781. The molecule has 0 bridgehead atoms. The van der Waals surface area contributed by atoms with Crippen molar-refractivity contribution in [3.63, 3.8) is 0 Å². The average Bonchev–Trinajstić information content (AvgIpc) is 3.94. The molecule has 9 rings (SSSR count). The van der Waals surface area contributed by atoms with Gasteiger partial charge in [0.1, 0.15) is 90.7 Å². The lowest BCUT2D eigenvalue weighted by molar-refractivity contribution is -0.378. The van der Waals surface area contributed by atoms with Crippen molar-refractivity contribution in [2.45, 2.75) is 221 Å². The van der Waals surface area contributed by atoms with Crippen LogP contribution in [-0.4, -0.2) is 234 Å². The number of ether oxygens (including phenoxy) is 9. The molecular weight excluding hydrogens is 981 g/mol. The number of rotatable bonds is 14. The number of Topliss-reactive ketones (excluding diaryl/α,β-unsaturated/α-hetero) is 2. The van der Waals surface area contributed by atoms with Gasteiger partial charge in [0.05, 0.1) is 56.8 Å². The number of hydrogen-bond acceptors (Lipinski definition) is 23. The van der Waals surface area contributed by atoms with Crippen molar-refractivity contribution in [3.05, 3.63) is 11.1 Å². The van der Waals surface area contributed by atoms with E-state index in [9.17, 15) is 70.9 Å². The van der Waals surface area contributed by atoms with Crippen LogP contribution in [-0.2, 0) is 52.2 Å². The smallest absolute Gasteiger partial charge is 0.187 e. The molecule has 0 unspecified atom stereocenters. The Morgan fingerprint density at radius 1 is 0.730 bits per heavy atom. The second-order valence-electron chi connectivity index (χ2n) is 23.7. The summed E-state index contributed by atoms with van der Waals surface area (Å²) < 4.78 is 54.0. The first-order valence-electron chi connectivity index (χ1n) is 26.4. The van der Waals surface area contributed by atoms with Gasteiger partial charge in [-0.1, -0.05) is 45.8 Å². The number of fused-ring (bicyclic) bond motifs is 5. The topological polar surface area (TPSA) is 360 Å². The quantitative estimate of drug-likeness (QED) is 0.0791. The maximum absolute atomic E-state index is 14.6. The highest BCUT2D eigenvalue weighted by molar-refractivity contribution is 5.94. The summed E-state index contributed by atoms with van der Waals surface area (Å²) in [6.07, 6.45) is -23.9. The maximum atomic E-state index is 14.6. The molecule has 0 aromatic carbocycles. The van der Waals surface area contributed by atoms with Gasteiger partial charge in [-0.3, -0.25) is 9.59 Å². The third-order valence-corrected chi connectivity index (χ3v) is 20.0. The van der Waals surface area contributed by atoms with Gasteiger partial charge in [0.2, 0.25) is 0 Å². The van der Waals surface area contributed by atoms with Gasteiger partial charge in [-0.2, -0.15) is 0 Å². The first kappa shape index (κ1) is 56.9. The van der Waals surface area contributed by atoms with Crippen molar-refractivity contribution >= 4 is 11.6 Å². The highest BCUT2D eigenvalue weighted by atomic mass is 16.8. The molecule has 9 aliphatic rings. The van der Waals surface area contributed by atoms with Crippen molar-refractivity contribution in [1.29, 1.82) is 0 Å². The van der Waals surface area contributed by atoms with Crippen LogP contribution in [0.3, 0.4) is 0 Å². The van der Waals surface area contributed by atoms with Crippen LogP contribution in [0.4, 0.5) is 0 Å². The molecule has 0 aromatic heterocycles. The third kappa shape index (κ3) is 8.66. The molecule has 0 radical (unpaired) electrons. The number of carbonyl (C=O) groups is 2. The Morgan fingerprint density at radius 3 is 2.07 bits per heavy atom. The van der Waals surface area contributed by atoms with E-state index in [2.05, 4.69) is 27.7 Å². The molecule has 0 amide bonds. The molecule has 5 saturated heterocycles. The van der Waals surface area contributed by atoms with Gasteiger partial charge >= 0.3 is 0 Å². The van der Waals surface area contributed by atoms with Crippen LogP contribution in [0.15, 0.2) is 11.1 Å². The van der Waals surface area contributed by atoms with E-state index in [4.69, 9.17) is 42.6 Å². The van der Waals surface area contributed by atoms with Crippen molar-refractivity contribution in [2.75, 3.05) is 39.6 Å². The summed E-state index contributed by atoms with van der Waals surface area (Å²) in [6.45, 7) is 8.60. The van der Waals surface area contributed by atoms with E-state index in [1.54, 1.807) is 0 Å². The lowest BCUT2D eigenvalue weighted by Crippen LogP contribution is -2.65. The summed E-state index contributed by atoms with van der Waals surface area (Å²) >= 11 is 0. The standard InChI is InChI=1S/C51H80O23/c1-7-25(55)27-14-22(2)51(74-27)15-31(57)49(6)24-8-9-30-46(3,23(24)10-13-48(49,51)5)12-11-32(47(30,4)19-53)71-42-38(63)36(61)35(60)29(70-42)18-67-43-39(33(58)26(56)17-66-43)72-44-40(37(62)34(59)28(16-52)69-44)73-45-41(64)50(65,20-54)21-68-45/h22,26-30,32-45,52-54,56,58-65H,7-21H2,1-6H3/t22-,26+,27-,28-,29-,30-,32+,33+,34-,35-,36+,37+,38-,39-,40-,41+,42+,43+,44+,45+,46-,47-,48+,49-,50-,51+/m1/s1. The number of allylic oxidation sites excluding steroid dienone is 2. The van der Waals surface area contributed by atoms with Crippen LogP contribution < -0.4 is 0 Å². The minimum atomic E-state index is -2.15. The van der Waals surface area contributed by atoms with E-state index in [0.717, 1.165) is 5.57 Å². The molecule has 7 fully saturated rings. The van der Waals surface area contributed by atoms with Gasteiger partial charge in [-0.15, -0.1) is 0 Å². The van der Waals surface area contributed by atoms with Gasteiger partial charge < -0.3 is 104 Å².